The van der Waals surface area contributed by atoms with E-state index in [4.69, 9.17) is 0 Å². The van der Waals surface area contributed by atoms with Crippen molar-refractivity contribution in [2.75, 3.05) is 11.6 Å². The van der Waals surface area contributed by atoms with E-state index in [2.05, 4.69) is 16.1 Å². The van der Waals surface area contributed by atoms with Crippen molar-refractivity contribution in [3.8, 4) is 11.3 Å². The number of fused-ring (bicyclic) bond motifs is 1. The number of pyridine rings is 1. The molecule has 1 aliphatic carbocycles. The second-order valence-corrected chi connectivity index (χ2v) is 7.04. The molecule has 0 amide bonds. The van der Waals surface area contributed by atoms with Gasteiger partial charge in [-0.1, -0.05) is 42.5 Å². The van der Waals surface area contributed by atoms with E-state index in [1.807, 2.05) is 65.7 Å². The van der Waals surface area contributed by atoms with Crippen LogP contribution in [-0.4, -0.2) is 22.6 Å². The average Bonchev–Trinajstić information content (AvgIpc) is 3.10. The van der Waals surface area contributed by atoms with Gasteiger partial charge in [-0.15, -0.1) is 0 Å². The van der Waals surface area contributed by atoms with E-state index >= 15 is 4.39 Å². The van der Waals surface area contributed by atoms with Crippen molar-refractivity contribution in [3.63, 3.8) is 0 Å². The summed E-state index contributed by atoms with van der Waals surface area (Å²) in [5, 5.41) is 0.824. The minimum Gasteiger partial charge on any atom is -0.355 e. The molecule has 1 fully saturated rings. The fourth-order valence-electron chi connectivity index (χ4n) is 3.68. The Morgan fingerprint density at radius 2 is 1.73 bits per heavy atom. The second-order valence-electron chi connectivity index (χ2n) is 7.04. The number of aromatic nitrogens is 1. The first-order valence-corrected chi connectivity index (χ1v) is 9.15. The molecule has 0 atom stereocenters. The molecule has 0 radical (unpaired) electrons. The highest BCUT2D eigenvalue weighted by molar-refractivity contribution is 5.86. The van der Waals surface area contributed by atoms with Gasteiger partial charge in [0.25, 0.3) is 0 Å². The van der Waals surface area contributed by atoms with Crippen LogP contribution in [0.5, 0.6) is 0 Å². The van der Waals surface area contributed by atoms with Crippen molar-refractivity contribution in [3.05, 3.63) is 72.8 Å². The van der Waals surface area contributed by atoms with Crippen LogP contribution >= 0.6 is 0 Å². The Morgan fingerprint density at radius 3 is 2.50 bits per heavy atom. The molecule has 1 aliphatic heterocycles. The van der Waals surface area contributed by atoms with Gasteiger partial charge >= 0.3 is 0 Å². The van der Waals surface area contributed by atoms with Crippen LogP contribution in [-0.2, 0) is 0 Å². The van der Waals surface area contributed by atoms with Crippen molar-refractivity contribution < 1.29 is 4.39 Å². The van der Waals surface area contributed by atoms with Gasteiger partial charge < -0.3 is 9.80 Å². The lowest BCUT2D eigenvalue weighted by atomic mass is 9.92. The third kappa shape index (κ3) is 2.53. The van der Waals surface area contributed by atoms with Gasteiger partial charge in [0.2, 0.25) is 0 Å². The molecule has 1 saturated carbocycles. The van der Waals surface area contributed by atoms with Crippen LogP contribution in [0.2, 0.25) is 0 Å². The van der Waals surface area contributed by atoms with E-state index in [1.165, 1.54) is 19.3 Å². The lowest BCUT2D eigenvalue weighted by Gasteiger charge is -2.35. The number of nitrogens with zero attached hydrogens (tertiary/aromatic N) is 3. The number of benzene rings is 2. The Kier molecular flexibility index (Phi) is 3.63. The normalized spacial score (nSPS) is 17.1. The number of anilines is 1. The average molecular weight is 345 g/mol. The molecule has 2 aliphatic rings. The Balaban J connectivity index is 1.51. The van der Waals surface area contributed by atoms with Crippen molar-refractivity contribution in [1.29, 1.82) is 0 Å². The highest BCUT2D eigenvalue weighted by atomic mass is 19.1. The summed E-state index contributed by atoms with van der Waals surface area (Å²) in [4.78, 5) is 8.90. The van der Waals surface area contributed by atoms with Crippen LogP contribution < -0.4 is 4.90 Å². The summed E-state index contributed by atoms with van der Waals surface area (Å²) in [5.74, 6) is -0.250. The molecular weight excluding hydrogens is 325 g/mol. The third-order valence-electron chi connectivity index (χ3n) is 5.46. The number of rotatable bonds is 3. The van der Waals surface area contributed by atoms with Crippen molar-refractivity contribution in [1.82, 2.24) is 9.88 Å². The minimum atomic E-state index is -0.250. The highest BCUT2D eigenvalue weighted by Crippen LogP contribution is 2.33. The van der Waals surface area contributed by atoms with E-state index in [0.29, 0.717) is 23.9 Å². The Labute approximate surface area is 152 Å². The van der Waals surface area contributed by atoms with Gasteiger partial charge in [-0.05, 0) is 31.4 Å². The second kappa shape index (κ2) is 6.13. The molecule has 2 heterocycles. The Bertz CT molecular complexity index is 979. The minimum absolute atomic E-state index is 0.250. The van der Waals surface area contributed by atoms with Crippen LogP contribution in [0.4, 0.5) is 10.1 Å². The summed E-state index contributed by atoms with van der Waals surface area (Å²) >= 11 is 0. The molecule has 0 unspecified atom stereocenters. The molecule has 2 aromatic carbocycles. The standard InChI is InChI=1S/C22H20FN3/c23-21-20(26-14-13-25(15-26)18-7-4-8-18)12-10-17-9-11-19(24-22(17)21)16-5-2-1-3-6-16/h1-3,5-6,9-14,18H,4,7-8,15H2. The molecule has 0 spiro atoms. The van der Waals surface area contributed by atoms with Gasteiger partial charge in [0.05, 0.1) is 18.1 Å². The third-order valence-corrected chi connectivity index (χ3v) is 5.46. The summed E-state index contributed by atoms with van der Waals surface area (Å²) in [7, 11) is 0. The molecule has 1 aromatic heterocycles. The van der Waals surface area contributed by atoms with Gasteiger partial charge in [-0.3, -0.25) is 0 Å². The number of hydrogen-bond acceptors (Lipinski definition) is 3. The number of hydrogen-bond donors (Lipinski definition) is 0. The van der Waals surface area contributed by atoms with Crippen molar-refractivity contribution >= 4 is 16.6 Å². The van der Waals surface area contributed by atoms with E-state index in [9.17, 15) is 0 Å². The first-order chi connectivity index (χ1) is 12.8. The van der Waals surface area contributed by atoms with Crippen molar-refractivity contribution in [2.24, 2.45) is 0 Å². The van der Waals surface area contributed by atoms with Gasteiger partial charge in [-0.25, -0.2) is 9.37 Å². The molecule has 0 N–H and O–H groups in total. The van der Waals surface area contributed by atoms with Gasteiger partial charge in [-0.2, -0.15) is 0 Å². The molecule has 26 heavy (non-hydrogen) atoms. The maximum Gasteiger partial charge on any atom is 0.173 e. The Hall–Kier alpha value is -2.88. The maximum atomic E-state index is 15.3. The van der Waals surface area contributed by atoms with Crippen LogP contribution in [0, 0.1) is 5.82 Å². The molecule has 3 nitrogen and oxygen atoms in total. The summed E-state index contributed by atoms with van der Waals surface area (Å²) < 4.78 is 15.3. The molecular formula is C22H20FN3. The summed E-state index contributed by atoms with van der Waals surface area (Å²) in [6.07, 6.45) is 7.83. The van der Waals surface area contributed by atoms with Crippen molar-refractivity contribution in [2.45, 2.75) is 25.3 Å². The fourth-order valence-corrected chi connectivity index (χ4v) is 3.68. The monoisotopic (exact) mass is 345 g/mol. The van der Waals surface area contributed by atoms with Gasteiger partial charge in [0.15, 0.2) is 5.82 Å². The Morgan fingerprint density at radius 1 is 0.923 bits per heavy atom. The molecule has 130 valence electrons. The first kappa shape index (κ1) is 15.4. The van der Waals surface area contributed by atoms with Crippen LogP contribution in [0.25, 0.3) is 22.2 Å². The molecule has 4 heteroatoms. The molecule has 5 rings (SSSR count). The zero-order valence-electron chi connectivity index (χ0n) is 14.5. The zero-order chi connectivity index (χ0) is 17.5. The lowest BCUT2D eigenvalue weighted by molar-refractivity contribution is 0.197. The fraction of sp³-hybridized carbons (Fsp3) is 0.227. The topological polar surface area (TPSA) is 19.4 Å². The summed E-state index contributed by atoms with van der Waals surface area (Å²) in [6.45, 7) is 0.714. The number of halogens is 1. The van der Waals surface area contributed by atoms with Crippen LogP contribution in [0.15, 0.2) is 67.0 Å². The summed E-state index contributed by atoms with van der Waals surface area (Å²) in [6, 6.07) is 18.2. The smallest absolute Gasteiger partial charge is 0.173 e. The quantitative estimate of drug-likeness (QED) is 0.655. The molecule has 3 aromatic rings. The lowest BCUT2D eigenvalue weighted by Crippen LogP contribution is -2.38. The van der Waals surface area contributed by atoms with E-state index in [0.717, 1.165) is 16.6 Å². The van der Waals surface area contributed by atoms with Crippen LogP contribution in [0.1, 0.15) is 19.3 Å². The summed E-state index contributed by atoms with van der Waals surface area (Å²) in [5.41, 5.74) is 2.81. The molecule has 0 saturated heterocycles. The van der Waals surface area contributed by atoms with E-state index in [1.54, 1.807) is 0 Å². The van der Waals surface area contributed by atoms with Gasteiger partial charge in [0.1, 0.15) is 5.52 Å². The van der Waals surface area contributed by atoms with E-state index in [-0.39, 0.29) is 5.82 Å². The SMILES string of the molecule is Fc1c(N2C=CN(C3CCC3)C2)ccc2ccc(-c3ccccc3)nc12. The maximum absolute atomic E-state index is 15.3. The molecule has 0 bridgehead atoms. The predicted octanol–water partition coefficient (Wildman–Crippen LogP) is 5.14. The zero-order valence-corrected chi connectivity index (χ0v) is 14.5. The predicted molar refractivity (Wildman–Crippen MR) is 103 cm³/mol. The van der Waals surface area contributed by atoms with Crippen LogP contribution in [0.3, 0.4) is 0 Å². The van der Waals surface area contributed by atoms with Gasteiger partial charge in [0, 0.05) is 29.4 Å². The van der Waals surface area contributed by atoms with E-state index < -0.39 is 0 Å². The first-order valence-electron chi connectivity index (χ1n) is 9.15. The highest BCUT2D eigenvalue weighted by Gasteiger charge is 2.27. The largest absolute Gasteiger partial charge is 0.355 e.